The van der Waals surface area contributed by atoms with Crippen molar-refractivity contribution in [3.05, 3.63) is 0 Å². The van der Waals surface area contributed by atoms with Crippen LogP contribution in [0, 0.1) is 11.8 Å². The molecule has 3 heterocycles. The third-order valence-corrected chi connectivity index (χ3v) is 8.45. The molecule has 0 aromatic heterocycles. The van der Waals surface area contributed by atoms with E-state index in [0.29, 0.717) is 6.54 Å². The molecule has 3 rings (SSSR count). The summed E-state index contributed by atoms with van der Waals surface area (Å²) in [4.78, 5) is 41.4. The van der Waals surface area contributed by atoms with Gasteiger partial charge >= 0.3 is 0 Å². The zero-order valence-electron chi connectivity index (χ0n) is 17.4. The second kappa shape index (κ2) is 7.52. The highest BCUT2D eigenvalue weighted by molar-refractivity contribution is 8.02. The van der Waals surface area contributed by atoms with Crippen molar-refractivity contribution in [3.8, 4) is 0 Å². The van der Waals surface area contributed by atoms with Crippen LogP contribution in [-0.2, 0) is 14.4 Å². The molecule has 3 aliphatic heterocycles. The normalized spacial score (nSPS) is 37.3. The minimum absolute atomic E-state index is 0.0489. The molecule has 0 aromatic carbocycles. The molecule has 0 aliphatic carbocycles. The molecule has 8 heteroatoms. The lowest BCUT2D eigenvalue weighted by molar-refractivity contribution is -0.143. The van der Waals surface area contributed by atoms with E-state index in [9.17, 15) is 19.5 Å². The van der Waals surface area contributed by atoms with E-state index in [-0.39, 0.29) is 35.1 Å². The van der Waals surface area contributed by atoms with Crippen LogP contribution >= 0.6 is 11.8 Å². The fourth-order valence-electron chi connectivity index (χ4n) is 5.35. The van der Waals surface area contributed by atoms with Crippen molar-refractivity contribution >= 4 is 29.5 Å². The van der Waals surface area contributed by atoms with Crippen LogP contribution in [0.3, 0.4) is 0 Å². The largest absolute Gasteiger partial charge is 0.394 e. The lowest BCUT2D eigenvalue weighted by Crippen LogP contribution is -2.57. The second-order valence-corrected chi connectivity index (χ2v) is 10.9. The van der Waals surface area contributed by atoms with E-state index in [0.717, 1.165) is 19.3 Å². The number of fused-ring (bicyclic) bond motifs is 1. The molecule has 7 nitrogen and oxygen atoms in total. The van der Waals surface area contributed by atoms with Gasteiger partial charge in [-0.25, -0.2) is 0 Å². The molecule has 0 radical (unpaired) electrons. The number of nitrogens with zero attached hydrogens (tertiary/aromatic N) is 1. The summed E-state index contributed by atoms with van der Waals surface area (Å²) in [6, 6.07) is -1.18. The molecule has 3 aliphatic rings. The maximum atomic E-state index is 13.5. The van der Waals surface area contributed by atoms with Crippen molar-refractivity contribution in [1.29, 1.82) is 0 Å². The lowest BCUT2D eigenvalue weighted by Gasteiger charge is -2.36. The maximum Gasteiger partial charge on any atom is 0.244 e. The van der Waals surface area contributed by atoms with Crippen molar-refractivity contribution < 1.29 is 19.5 Å². The predicted molar refractivity (Wildman–Crippen MR) is 109 cm³/mol. The number of likely N-dealkylation sites (tertiary alicyclic amines) is 1. The molecule has 2 bridgehead atoms. The van der Waals surface area contributed by atoms with Crippen molar-refractivity contribution in [2.24, 2.45) is 11.8 Å². The van der Waals surface area contributed by atoms with E-state index < -0.39 is 28.7 Å². The number of hydrogen-bond acceptors (Lipinski definition) is 5. The number of thioether (sulfide) groups is 1. The van der Waals surface area contributed by atoms with Crippen LogP contribution in [0.5, 0.6) is 0 Å². The van der Waals surface area contributed by atoms with E-state index in [2.05, 4.69) is 17.6 Å². The molecule has 1 spiro atoms. The van der Waals surface area contributed by atoms with E-state index >= 15 is 0 Å². The Bertz CT molecular complexity index is 672. The smallest absolute Gasteiger partial charge is 0.244 e. The van der Waals surface area contributed by atoms with Gasteiger partial charge in [0.2, 0.25) is 17.7 Å². The van der Waals surface area contributed by atoms with Gasteiger partial charge in [0.25, 0.3) is 0 Å². The van der Waals surface area contributed by atoms with Gasteiger partial charge in [-0.2, -0.15) is 0 Å². The molecule has 6 atom stereocenters. The van der Waals surface area contributed by atoms with Crippen molar-refractivity contribution in [2.45, 2.75) is 81.5 Å². The van der Waals surface area contributed by atoms with Gasteiger partial charge in [0.15, 0.2) is 0 Å². The Labute approximate surface area is 171 Å². The topological polar surface area (TPSA) is 98.7 Å². The molecule has 0 aromatic rings. The molecule has 3 N–H and O–H groups in total. The third-order valence-electron chi connectivity index (χ3n) is 6.46. The Kier molecular flexibility index (Phi) is 5.75. The van der Waals surface area contributed by atoms with E-state index in [1.54, 1.807) is 23.6 Å². The highest BCUT2D eigenvalue weighted by Crippen LogP contribution is 2.71. The summed E-state index contributed by atoms with van der Waals surface area (Å²) in [5.41, 5.74) is 0. The maximum absolute atomic E-state index is 13.5. The molecule has 3 saturated heterocycles. The fraction of sp³-hybridized carbons (Fsp3) is 0.850. The summed E-state index contributed by atoms with van der Waals surface area (Å²) in [7, 11) is 0. The van der Waals surface area contributed by atoms with Crippen LogP contribution < -0.4 is 10.6 Å². The average molecular weight is 412 g/mol. The van der Waals surface area contributed by atoms with Crippen molar-refractivity contribution in [2.75, 3.05) is 13.2 Å². The summed E-state index contributed by atoms with van der Waals surface area (Å²) < 4.78 is -0.953. The molecule has 0 saturated carbocycles. The van der Waals surface area contributed by atoms with Gasteiger partial charge in [-0.3, -0.25) is 14.4 Å². The number of hydrogen-bond donors (Lipinski definition) is 3. The first kappa shape index (κ1) is 21.4. The van der Waals surface area contributed by atoms with Gasteiger partial charge in [0, 0.05) is 17.3 Å². The number of amides is 3. The monoisotopic (exact) mass is 411 g/mol. The summed E-state index contributed by atoms with van der Waals surface area (Å²) in [6.45, 7) is 9.97. The first-order valence-corrected chi connectivity index (χ1v) is 11.2. The molecule has 3 fully saturated rings. The van der Waals surface area contributed by atoms with Gasteiger partial charge in [0.1, 0.15) is 6.04 Å². The average Bonchev–Trinajstić information content (AvgIpc) is 3.19. The van der Waals surface area contributed by atoms with Crippen LogP contribution in [0.4, 0.5) is 0 Å². The Morgan fingerprint density at radius 1 is 1.29 bits per heavy atom. The summed E-state index contributed by atoms with van der Waals surface area (Å²) in [6.07, 6.45) is 2.37. The third kappa shape index (κ3) is 3.03. The highest BCUT2D eigenvalue weighted by atomic mass is 32.2. The molecule has 28 heavy (non-hydrogen) atoms. The SMILES string of the molecule is CCCNC(=O)[C@@H]1[C@H]2C(=O)N([C@H](C)CO)C(C(=O)NC(C)C)C23CC[C@@]1(C)S3. The summed E-state index contributed by atoms with van der Waals surface area (Å²) in [5.74, 6) is -1.41. The predicted octanol–water partition coefficient (Wildman–Crippen LogP) is 0.899. The van der Waals surface area contributed by atoms with Gasteiger partial charge in [0.05, 0.1) is 29.2 Å². The molecule has 2 unspecified atom stereocenters. The van der Waals surface area contributed by atoms with Crippen LogP contribution in [0.2, 0.25) is 0 Å². The standard InChI is InChI=1S/C20H33N3O4S/c1-6-9-21-16(25)13-14-18(27)23(12(4)10-24)15(17(26)22-11(2)3)20(14)8-7-19(13,5)28-20/h11-15,24H,6-10H2,1-5H3,(H,21,25)(H,22,26)/t12-,13+,14+,15?,19-,20?/m1/s1. The van der Waals surface area contributed by atoms with Crippen molar-refractivity contribution in [3.63, 3.8) is 0 Å². The Balaban J connectivity index is 2.04. The summed E-state index contributed by atoms with van der Waals surface area (Å²) >= 11 is 1.65. The fourth-order valence-corrected chi connectivity index (χ4v) is 7.69. The van der Waals surface area contributed by atoms with Crippen LogP contribution in [0.25, 0.3) is 0 Å². The van der Waals surface area contributed by atoms with Crippen LogP contribution in [0.1, 0.15) is 53.9 Å². The van der Waals surface area contributed by atoms with Gasteiger partial charge in [-0.15, -0.1) is 11.8 Å². The van der Waals surface area contributed by atoms with Gasteiger partial charge < -0.3 is 20.6 Å². The number of nitrogens with one attached hydrogen (secondary N) is 2. The molecule has 158 valence electrons. The van der Waals surface area contributed by atoms with E-state index in [4.69, 9.17) is 0 Å². The first-order valence-electron chi connectivity index (χ1n) is 10.3. The van der Waals surface area contributed by atoms with Crippen molar-refractivity contribution in [1.82, 2.24) is 15.5 Å². The van der Waals surface area contributed by atoms with E-state index in [1.807, 2.05) is 20.8 Å². The Morgan fingerprint density at radius 3 is 2.54 bits per heavy atom. The number of carbonyl (C=O) groups excluding carboxylic acids is 3. The minimum Gasteiger partial charge on any atom is -0.394 e. The lowest BCUT2D eigenvalue weighted by atomic mass is 9.66. The molecule has 3 amide bonds. The second-order valence-electron chi connectivity index (χ2n) is 8.96. The van der Waals surface area contributed by atoms with Gasteiger partial charge in [-0.05, 0) is 47.0 Å². The number of aliphatic hydroxyl groups is 1. The number of carbonyl (C=O) groups is 3. The molecular formula is C20H33N3O4S. The first-order chi connectivity index (χ1) is 13.1. The zero-order valence-corrected chi connectivity index (χ0v) is 18.3. The minimum atomic E-state index is -0.662. The van der Waals surface area contributed by atoms with E-state index in [1.165, 1.54) is 0 Å². The quantitative estimate of drug-likeness (QED) is 0.578. The zero-order chi connectivity index (χ0) is 20.9. The number of rotatable bonds is 7. The highest BCUT2D eigenvalue weighted by Gasteiger charge is 2.77. The van der Waals surface area contributed by atoms with Crippen LogP contribution in [0.15, 0.2) is 0 Å². The molecular weight excluding hydrogens is 378 g/mol. The summed E-state index contributed by atoms with van der Waals surface area (Å²) in [5, 5.41) is 15.7. The number of aliphatic hydroxyl groups excluding tert-OH is 1. The van der Waals surface area contributed by atoms with Gasteiger partial charge in [-0.1, -0.05) is 6.92 Å². The Hall–Kier alpha value is -1.28. The van der Waals surface area contributed by atoms with Crippen LogP contribution in [-0.4, -0.2) is 68.5 Å². The Morgan fingerprint density at radius 2 is 1.96 bits per heavy atom.